The number of nitrogens with zero attached hydrogens (tertiary/aromatic N) is 2. The Hall–Kier alpha value is -3.46. The monoisotopic (exact) mass is 784 g/mol. The number of benzene rings is 3. The van der Waals surface area contributed by atoms with Crippen molar-refractivity contribution in [1.82, 2.24) is 0 Å². The maximum atomic E-state index is 11.3. The zero-order valence-electron chi connectivity index (χ0n) is 23.4. The molecule has 0 bridgehead atoms. The second-order valence-electron chi connectivity index (χ2n) is 8.75. The number of oxime groups is 1. The van der Waals surface area contributed by atoms with Gasteiger partial charge in [-0.15, -0.1) is 0 Å². The molecule has 0 atom stereocenters. The Balaban J connectivity index is 2.05. The molecule has 3 aromatic rings. The molecule has 0 saturated heterocycles. The molecule has 0 unspecified atom stereocenters. The van der Waals surface area contributed by atoms with Crippen molar-refractivity contribution in [3.63, 3.8) is 0 Å². The van der Waals surface area contributed by atoms with E-state index < -0.39 is 48.3 Å². The average molecular weight is 784 g/mol. The Kier molecular flexibility index (Phi) is 11.7. The highest BCUT2D eigenvalue weighted by atomic mass is 127. The van der Waals surface area contributed by atoms with Gasteiger partial charge in [0.1, 0.15) is 48.0 Å². The lowest BCUT2D eigenvalue weighted by atomic mass is 10.1. The Labute approximate surface area is 259 Å². The summed E-state index contributed by atoms with van der Waals surface area (Å²) in [4.78, 5) is 40.4. The molecule has 216 valence electrons. The van der Waals surface area contributed by atoms with E-state index >= 15 is 0 Å². The molecule has 0 radical (unpaired) electrons. The van der Waals surface area contributed by atoms with Gasteiger partial charge in [0.2, 0.25) is 0 Å². The molecule has 0 aliphatic carbocycles. The molecule has 41 heavy (non-hydrogen) atoms. The van der Waals surface area contributed by atoms with E-state index in [4.69, 9.17) is 11.0 Å². The van der Waals surface area contributed by atoms with Crippen LogP contribution in [-0.4, -0.2) is 35.7 Å². The molecule has 11 heteroatoms. The predicted molar refractivity (Wildman–Crippen MR) is 178 cm³/mol. The third-order valence-corrected chi connectivity index (χ3v) is 9.72. The summed E-state index contributed by atoms with van der Waals surface area (Å²) in [5, 5.41) is 14.8. The van der Waals surface area contributed by atoms with Gasteiger partial charge in [0.25, 0.3) is 0 Å². The molecule has 0 spiro atoms. The summed E-state index contributed by atoms with van der Waals surface area (Å²) in [6.45, 7) is 9.61. The van der Waals surface area contributed by atoms with Crippen molar-refractivity contribution in [1.29, 1.82) is 0 Å². The van der Waals surface area contributed by atoms with Crippen LogP contribution in [0.3, 0.4) is 0 Å². The fourth-order valence-corrected chi connectivity index (χ4v) is 6.17. The number of hydrogen-bond donors (Lipinski definition) is 1. The van der Waals surface area contributed by atoms with E-state index in [-0.39, 0.29) is 17.7 Å². The van der Waals surface area contributed by atoms with Crippen LogP contribution in [0.25, 0.3) is 0 Å². The van der Waals surface area contributed by atoms with E-state index in [1.54, 1.807) is 13.0 Å². The van der Waals surface area contributed by atoms with Crippen molar-refractivity contribution in [3.8, 4) is 5.75 Å². The molecule has 3 aromatic carbocycles. The number of carbonyl (C=O) groups is 3. The highest BCUT2D eigenvalue weighted by Crippen LogP contribution is 2.38. The van der Waals surface area contributed by atoms with Crippen LogP contribution in [0.5, 0.6) is 5.75 Å². The highest BCUT2D eigenvalue weighted by molar-refractivity contribution is 14.2. The van der Waals surface area contributed by atoms with E-state index in [1.165, 1.54) is 20.8 Å². The molecule has 0 saturated carbocycles. The molecular formula is C30H30I2N2O7. The lowest BCUT2D eigenvalue weighted by molar-refractivity contribution is -0.141. The minimum absolute atomic E-state index is 0.0739. The Bertz CT molecular complexity index is 1450. The van der Waals surface area contributed by atoms with Crippen LogP contribution < -0.4 is 4.90 Å². The van der Waals surface area contributed by atoms with Crippen molar-refractivity contribution in [2.24, 2.45) is 5.16 Å². The molecule has 0 heterocycles. The van der Waals surface area contributed by atoms with Crippen molar-refractivity contribution in [2.45, 2.75) is 41.5 Å². The smallest absolute Gasteiger partial charge is 0.331 e. The van der Waals surface area contributed by atoms with Crippen LogP contribution >= 0.6 is 42.3 Å². The van der Waals surface area contributed by atoms with E-state index in [9.17, 15) is 19.5 Å². The lowest BCUT2D eigenvalue weighted by Crippen LogP contribution is -2.11. The van der Waals surface area contributed by atoms with Gasteiger partial charge in [-0.05, 0) is 68.3 Å². The zero-order chi connectivity index (χ0) is 30.1. The number of halogens is 2. The minimum Gasteiger partial charge on any atom is -0.507 e. The summed E-state index contributed by atoms with van der Waals surface area (Å²) in [6, 6.07) is 20.8. The van der Waals surface area contributed by atoms with Crippen molar-refractivity contribution >= 4 is 90.0 Å². The Morgan fingerprint density at radius 2 is 1.15 bits per heavy atom. The first-order valence-corrected chi connectivity index (χ1v) is 16.3. The highest BCUT2D eigenvalue weighted by Gasteiger charge is 2.16. The normalized spacial score (nSPS) is 12.4. The Morgan fingerprint density at radius 1 is 0.659 bits per heavy atom. The van der Waals surface area contributed by atoms with Gasteiger partial charge < -0.3 is 21.0 Å². The van der Waals surface area contributed by atoms with Crippen molar-refractivity contribution < 1.29 is 30.5 Å². The van der Waals surface area contributed by atoms with Crippen molar-refractivity contribution in [2.75, 3.05) is 4.90 Å². The Morgan fingerprint density at radius 3 is 1.63 bits per heavy atom. The molecular weight excluding hydrogens is 754 g/mol. The number of aromatic hydroxyl groups is 1. The number of rotatable bonds is 9. The number of hydrogen-bond acceptors (Lipinski definition) is 9. The van der Waals surface area contributed by atoms with Crippen LogP contribution in [0.4, 0.5) is 17.1 Å². The summed E-state index contributed by atoms with van der Waals surface area (Å²) in [7, 11) is 0. The number of phenolic OH excluding ortho intramolecular Hbond substituents is 1. The van der Waals surface area contributed by atoms with Gasteiger partial charge in [0.15, 0.2) is 0 Å². The zero-order valence-corrected chi connectivity index (χ0v) is 27.7. The van der Waals surface area contributed by atoms with Crippen LogP contribution in [0.2, 0.25) is 0 Å². The quantitative estimate of drug-likeness (QED) is 0.106. The van der Waals surface area contributed by atoms with Gasteiger partial charge in [0, 0.05) is 56.5 Å². The summed E-state index contributed by atoms with van der Waals surface area (Å²) in [6.07, 6.45) is 0. The summed E-state index contributed by atoms with van der Waals surface area (Å²) >= 11 is -1.87. The standard InChI is InChI=1S/C30H30I2N2O7/c1-18(31-39-21(4)35)24-7-11-26(12-8-24)34(27-13-9-25(10-14-27)20(3)33-41-23(6)37)28-15-16-29(30(38)17-28)19(2)32-40-22(5)36/h7-17,38H,1-6H3/b33-20-. The predicted octanol–water partition coefficient (Wildman–Crippen LogP) is 7.13. The van der Waals surface area contributed by atoms with Gasteiger partial charge in [0.05, 0.1) is 5.71 Å². The molecule has 0 amide bonds. The first-order chi connectivity index (χ1) is 19.5. The summed E-state index contributed by atoms with van der Waals surface area (Å²) in [5.74, 6) is -1.06. The van der Waals surface area contributed by atoms with Gasteiger partial charge in [-0.2, -0.15) is 0 Å². The molecule has 1 N–H and O–H groups in total. The number of phenols is 1. The first-order valence-electron chi connectivity index (χ1n) is 12.3. The topological polar surface area (TPSA) is 115 Å². The number of carbonyl (C=O) groups excluding carboxylic acids is 3. The molecule has 0 aromatic heterocycles. The largest absolute Gasteiger partial charge is 0.507 e. The van der Waals surface area contributed by atoms with Crippen LogP contribution in [0.15, 0.2) is 71.9 Å². The van der Waals surface area contributed by atoms with Crippen LogP contribution in [0, 0.1) is 0 Å². The second kappa shape index (κ2) is 15.0. The van der Waals surface area contributed by atoms with Gasteiger partial charge in [-0.3, -0.25) is 9.59 Å². The van der Waals surface area contributed by atoms with Gasteiger partial charge >= 0.3 is 17.9 Å². The maximum Gasteiger partial charge on any atom is 0.331 e. The number of anilines is 3. The fraction of sp³-hybridized carbons (Fsp3) is 0.200. The maximum absolute atomic E-state index is 11.3. The van der Waals surface area contributed by atoms with E-state index in [0.717, 1.165) is 29.5 Å². The van der Waals surface area contributed by atoms with Gasteiger partial charge in [-0.25, -0.2) is 4.79 Å². The van der Waals surface area contributed by atoms with E-state index in [1.807, 2.05) is 79.4 Å². The summed E-state index contributed by atoms with van der Waals surface area (Å²) in [5.41, 5.74) is 5.30. The first kappa shape index (κ1) is 32.1. The van der Waals surface area contributed by atoms with Crippen molar-refractivity contribution in [3.05, 3.63) is 83.4 Å². The molecule has 9 nitrogen and oxygen atoms in total. The molecule has 0 aliphatic heterocycles. The average Bonchev–Trinajstić information content (AvgIpc) is 2.94. The van der Waals surface area contributed by atoms with Gasteiger partial charge in [-0.1, -0.05) is 29.4 Å². The van der Waals surface area contributed by atoms with E-state index in [0.29, 0.717) is 17.0 Å². The molecule has 0 aliphatic rings. The lowest BCUT2D eigenvalue weighted by Gasteiger charge is -2.26. The molecule has 0 fully saturated rings. The van der Waals surface area contributed by atoms with E-state index in [2.05, 4.69) is 5.16 Å². The van der Waals surface area contributed by atoms with Crippen LogP contribution in [0.1, 0.15) is 58.2 Å². The third kappa shape index (κ3) is 9.28. The fourth-order valence-electron chi connectivity index (χ4n) is 3.59. The second-order valence-corrected chi connectivity index (χ2v) is 13.7. The molecule has 3 rings (SSSR count). The third-order valence-electron chi connectivity index (χ3n) is 5.51. The van der Waals surface area contributed by atoms with Crippen LogP contribution in [-0.2, 0) is 25.4 Å². The SMILES string of the molecule is CC(=O)O/N=C(/C)c1ccc(N(c2ccc(C(C)=IOC(C)=O)cc2)c2ccc(C(C)=IOC(C)=O)c(O)c2)cc1. The summed E-state index contributed by atoms with van der Waals surface area (Å²) < 4.78 is 12.3. The minimum atomic E-state index is -1.00.